The van der Waals surface area contributed by atoms with E-state index in [1.165, 1.54) is 11.2 Å². The molecule has 0 bridgehead atoms. The van der Waals surface area contributed by atoms with Gasteiger partial charge in [0.25, 0.3) is 0 Å². The third kappa shape index (κ3) is 2.54. The molecule has 1 fully saturated rings. The van der Waals surface area contributed by atoms with Gasteiger partial charge in [0.05, 0.1) is 6.34 Å². The van der Waals surface area contributed by atoms with Gasteiger partial charge in [0.15, 0.2) is 0 Å². The highest BCUT2D eigenvalue weighted by atomic mass is 16.2. The average Bonchev–Trinajstić information content (AvgIpc) is 2.47. The summed E-state index contributed by atoms with van der Waals surface area (Å²) in [6.07, 6.45) is 2.61. The predicted octanol–water partition coefficient (Wildman–Crippen LogP) is 0.319. The molecule has 1 saturated heterocycles. The molecule has 0 aromatic carbocycles. The molecule has 1 heterocycles. The van der Waals surface area contributed by atoms with Gasteiger partial charge in [-0.3, -0.25) is 9.69 Å². The lowest BCUT2D eigenvalue weighted by atomic mass is 10.4. The molecule has 5 heteroatoms. The van der Waals surface area contributed by atoms with Gasteiger partial charge in [0.2, 0.25) is 5.91 Å². The summed E-state index contributed by atoms with van der Waals surface area (Å²) in [6.45, 7) is 0.502. The van der Waals surface area contributed by atoms with Gasteiger partial charge in [-0.1, -0.05) is 0 Å². The summed E-state index contributed by atoms with van der Waals surface area (Å²) in [7, 11) is 3.53. The molecule has 13 heavy (non-hydrogen) atoms. The number of urea groups is 1. The molecule has 0 aliphatic carbocycles. The molecule has 1 aliphatic rings. The van der Waals surface area contributed by atoms with E-state index in [-0.39, 0.29) is 5.91 Å². The van der Waals surface area contributed by atoms with Crippen molar-refractivity contribution in [1.29, 1.82) is 0 Å². The first-order valence-electron chi connectivity index (χ1n) is 4.16. The molecule has 0 N–H and O–H groups in total. The lowest BCUT2D eigenvalue weighted by Gasteiger charge is -2.09. The molecule has 0 atom stereocenters. The summed E-state index contributed by atoms with van der Waals surface area (Å²) < 4.78 is 0. The average molecular weight is 183 g/mol. The fourth-order valence-electron chi connectivity index (χ4n) is 1.08. The van der Waals surface area contributed by atoms with Crippen LogP contribution in [-0.4, -0.2) is 48.7 Å². The van der Waals surface area contributed by atoms with Crippen LogP contribution in [0.3, 0.4) is 0 Å². The van der Waals surface area contributed by atoms with E-state index in [0.717, 1.165) is 6.42 Å². The minimum absolute atomic E-state index is 0.124. The Balaban J connectivity index is 2.52. The van der Waals surface area contributed by atoms with Gasteiger partial charge in [-0.25, -0.2) is 4.79 Å². The largest absolute Gasteiger partial charge is 0.369 e. The van der Waals surface area contributed by atoms with Crippen molar-refractivity contribution < 1.29 is 9.59 Å². The van der Waals surface area contributed by atoms with Crippen LogP contribution in [0.4, 0.5) is 4.79 Å². The Labute approximate surface area is 77.0 Å². The number of likely N-dealkylation sites (tertiary alicyclic amines) is 1. The maximum atomic E-state index is 11.2. The van der Waals surface area contributed by atoms with E-state index >= 15 is 0 Å². The van der Waals surface area contributed by atoms with Gasteiger partial charge in [0.1, 0.15) is 0 Å². The zero-order valence-corrected chi connectivity index (χ0v) is 7.86. The molecule has 3 amide bonds. The van der Waals surface area contributed by atoms with Gasteiger partial charge < -0.3 is 4.90 Å². The molecule has 0 saturated carbocycles. The maximum Gasteiger partial charge on any atom is 0.351 e. The van der Waals surface area contributed by atoms with Crippen LogP contribution in [-0.2, 0) is 4.79 Å². The first-order valence-corrected chi connectivity index (χ1v) is 4.16. The standard InChI is InChI=1S/C8H13N3O2/c1-10(2)6-9-8(13)11-5-3-4-7(11)12/h6H,3-5H2,1-2H3/b9-6+. The first-order chi connectivity index (χ1) is 6.11. The van der Waals surface area contributed by atoms with Crippen LogP contribution >= 0.6 is 0 Å². The van der Waals surface area contributed by atoms with Crippen molar-refractivity contribution in [2.45, 2.75) is 12.8 Å². The van der Waals surface area contributed by atoms with Gasteiger partial charge >= 0.3 is 6.03 Å². The maximum absolute atomic E-state index is 11.2. The fraction of sp³-hybridized carbons (Fsp3) is 0.625. The van der Waals surface area contributed by atoms with Crippen molar-refractivity contribution >= 4 is 18.3 Å². The van der Waals surface area contributed by atoms with Crippen LogP contribution in [0.25, 0.3) is 0 Å². The number of hydrogen-bond donors (Lipinski definition) is 0. The van der Waals surface area contributed by atoms with E-state index in [1.807, 2.05) is 0 Å². The highest BCUT2D eigenvalue weighted by Crippen LogP contribution is 2.10. The molecule has 1 rings (SSSR count). The zero-order chi connectivity index (χ0) is 9.84. The van der Waals surface area contributed by atoms with Crippen LogP contribution in [0.15, 0.2) is 4.99 Å². The van der Waals surface area contributed by atoms with E-state index in [2.05, 4.69) is 4.99 Å². The Morgan fingerprint density at radius 2 is 2.31 bits per heavy atom. The number of nitrogens with zero attached hydrogens (tertiary/aromatic N) is 3. The molecule has 0 aromatic rings. The number of imide groups is 1. The van der Waals surface area contributed by atoms with Gasteiger partial charge in [0, 0.05) is 27.1 Å². The molecule has 72 valence electrons. The van der Waals surface area contributed by atoms with Crippen LogP contribution < -0.4 is 0 Å². The molecule has 0 spiro atoms. The SMILES string of the molecule is CN(C)/C=N/C(=O)N1CCCC1=O. The Kier molecular flexibility index (Phi) is 3.00. The molecule has 1 aliphatic heterocycles. The second kappa shape index (κ2) is 4.02. The third-order valence-electron chi connectivity index (χ3n) is 1.70. The van der Waals surface area contributed by atoms with Crippen LogP contribution in [0, 0.1) is 0 Å². The van der Waals surface area contributed by atoms with Crippen LogP contribution in [0.1, 0.15) is 12.8 Å². The minimum Gasteiger partial charge on any atom is -0.369 e. The lowest BCUT2D eigenvalue weighted by Crippen LogP contribution is -2.29. The van der Waals surface area contributed by atoms with Crippen LogP contribution in [0.2, 0.25) is 0 Å². The summed E-state index contributed by atoms with van der Waals surface area (Å²) in [5.74, 6) is -0.124. The number of amides is 3. The van der Waals surface area contributed by atoms with Crippen molar-refractivity contribution in [3.05, 3.63) is 0 Å². The second-order valence-corrected chi connectivity index (χ2v) is 3.14. The quantitative estimate of drug-likeness (QED) is 0.434. The number of carbonyl (C=O) groups is 2. The van der Waals surface area contributed by atoms with Crippen molar-refractivity contribution in [3.63, 3.8) is 0 Å². The monoisotopic (exact) mass is 183 g/mol. The molecular formula is C8H13N3O2. The molecule has 0 radical (unpaired) electrons. The molecule has 0 aromatic heterocycles. The Morgan fingerprint density at radius 3 is 2.77 bits per heavy atom. The van der Waals surface area contributed by atoms with E-state index in [9.17, 15) is 9.59 Å². The number of carbonyl (C=O) groups excluding carboxylic acids is 2. The lowest BCUT2D eigenvalue weighted by molar-refractivity contribution is -0.125. The van der Waals surface area contributed by atoms with Crippen molar-refractivity contribution in [1.82, 2.24) is 9.80 Å². The number of rotatable bonds is 1. The summed E-state index contributed by atoms with van der Waals surface area (Å²) >= 11 is 0. The van der Waals surface area contributed by atoms with E-state index in [0.29, 0.717) is 13.0 Å². The fourth-order valence-corrected chi connectivity index (χ4v) is 1.08. The third-order valence-corrected chi connectivity index (χ3v) is 1.70. The van der Waals surface area contributed by atoms with Crippen molar-refractivity contribution in [2.75, 3.05) is 20.6 Å². The molecular weight excluding hydrogens is 170 g/mol. The summed E-state index contributed by atoms with van der Waals surface area (Å²) in [5, 5.41) is 0. The Hall–Kier alpha value is -1.39. The predicted molar refractivity (Wildman–Crippen MR) is 48.5 cm³/mol. The zero-order valence-electron chi connectivity index (χ0n) is 7.86. The van der Waals surface area contributed by atoms with E-state index in [4.69, 9.17) is 0 Å². The van der Waals surface area contributed by atoms with Crippen LogP contribution in [0.5, 0.6) is 0 Å². The normalized spacial score (nSPS) is 17.1. The summed E-state index contributed by atoms with van der Waals surface area (Å²) in [5.41, 5.74) is 0. The van der Waals surface area contributed by atoms with Gasteiger partial charge in [-0.2, -0.15) is 4.99 Å². The molecule has 5 nitrogen and oxygen atoms in total. The topological polar surface area (TPSA) is 53.0 Å². The van der Waals surface area contributed by atoms with Gasteiger partial charge in [-0.05, 0) is 6.42 Å². The minimum atomic E-state index is -0.462. The summed E-state index contributed by atoms with van der Waals surface area (Å²) in [4.78, 5) is 28.8. The highest BCUT2D eigenvalue weighted by molar-refractivity contribution is 5.98. The van der Waals surface area contributed by atoms with E-state index in [1.54, 1.807) is 19.0 Å². The number of aliphatic imine (C=N–C) groups is 1. The van der Waals surface area contributed by atoms with Crippen molar-refractivity contribution in [2.24, 2.45) is 4.99 Å². The first kappa shape index (κ1) is 9.70. The highest BCUT2D eigenvalue weighted by Gasteiger charge is 2.25. The summed E-state index contributed by atoms with van der Waals surface area (Å²) in [6, 6.07) is -0.462. The second-order valence-electron chi connectivity index (χ2n) is 3.14. The molecule has 0 unspecified atom stereocenters. The van der Waals surface area contributed by atoms with E-state index < -0.39 is 6.03 Å². The van der Waals surface area contributed by atoms with Gasteiger partial charge in [-0.15, -0.1) is 0 Å². The number of hydrogen-bond acceptors (Lipinski definition) is 2. The smallest absolute Gasteiger partial charge is 0.351 e. The van der Waals surface area contributed by atoms with Crippen molar-refractivity contribution in [3.8, 4) is 0 Å². The Bertz CT molecular complexity index is 248. The Morgan fingerprint density at radius 1 is 1.62 bits per heavy atom.